The summed E-state index contributed by atoms with van der Waals surface area (Å²) in [6.07, 6.45) is 0.151. The summed E-state index contributed by atoms with van der Waals surface area (Å²) in [5.74, 6) is -0.499. The predicted octanol–water partition coefficient (Wildman–Crippen LogP) is 1.53. The third-order valence-electron chi connectivity index (χ3n) is 3.63. The molecule has 1 fully saturated rings. The van der Waals surface area contributed by atoms with E-state index in [2.05, 4.69) is 5.10 Å². The topological polar surface area (TPSA) is 58.4 Å². The molecular weight excluding hydrogens is 273 g/mol. The van der Waals surface area contributed by atoms with Gasteiger partial charge in [-0.1, -0.05) is 0 Å². The van der Waals surface area contributed by atoms with Gasteiger partial charge in [-0.2, -0.15) is 5.10 Å². The Morgan fingerprint density at radius 2 is 2.10 bits per heavy atom. The SMILES string of the molecule is Cc1cc(C(=O)N2CC[C@@H](O)C2)nn1-c1ccc(F)cc1. The minimum absolute atomic E-state index is 0.185. The van der Waals surface area contributed by atoms with Crippen LogP contribution in [0.3, 0.4) is 0 Å². The maximum Gasteiger partial charge on any atom is 0.274 e. The number of hydrogen-bond acceptors (Lipinski definition) is 3. The Kier molecular flexibility index (Phi) is 3.47. The lowest BCUT2D eigenvalue weighted by atomic mass is 10.3. The van der Waals surface area contributed by atoms with E-state index in [0.29, 0.717) is 30.9 Å². The molecule has 0 radical (unpaired) electrons. The molecule has 5 nitrogen and oxygen atoms in total. The van der Waals surface area contributed by atoms with Crippen LogP contribution in [0.4, 0.5) is 4.39 Å². The zero-order chi connectivity index (χ0) is 15.0. The van der Waals surface area contributed by atoms with Crippen molar-refractivity contribution in [3.05, 3.63) is 47.5 Å². The Morgan fingerprint density at radius 3 is 2.71 bits per heavy atom. The van der Waals surface area contributed by atoms with Crippen LogP contribution in [0.1, 0.15) is 22.6 Å². The average Bonchev–Trinajstić information content (AvgIpc) is 3.05. The van der Waals surface area contributed by atoms with Crippen LogP contribution >= 0.6 is 0 Å². The molecule has 0 saturated carbocycles. The predicted molar refractivity (Wildman–Crippen MR) is 74.8 cm³/mol. The summed E-state index contributed by atoms with van der Waals surface area (Å²) in [7, 11) is 0. The van der Waals surface area contributed by atoms with Crippen molar-refractivity contribution in [3.8, 4) is 5.69 Å². The fraction of sp³-hybridized carbons (Fsp3) is 0.333. The van der Waals surface area contributed by atoms with Gasteiger partial charge in [-0.05, 0) is 43.7 Å². The number of benzene rings is 1. The quantitative estimate of drug-likeness (QED) is 0.912. The van der Waals surface area contributed by atoms with E-state index in [1.807, 2.05) is 6.92 Å². The number of aliphatic hydroxyl groups is 1. The number of hydrogen-bond donors (Lipinski definition) is 1. The van der Waals surface area contributed by atoms with Gasteiger partial charge >= 0.3 is 0 Å². The number of aryl methyl sites for hydroxylation is 1. The van der Waals surface area contributed by atoms with Crippen molar-refractivity contribution in [3.63, 3.8) is 0 Å². The Hall–Kier alpha value is -2.21. The number of carbonyl (C=O) groups excluding carboxylic acids is 1. The number of nitrogens with zero attached hydrogens (tertiary/aromatic N) is 3. The van der Waals surface area contributed by atoms with Gasteiger partial charge in [0.1, 0.15) is 5.82 Å². The normalized spacial score (nSPS) is 18.2. The second-order valence-corrected chi connectivity index (χ2v) is 5.25. The molecule has 21 heavy (non-hydrogen) atoms. The number of rotatable bonds is 2. The molecule has 110 valence electrons. The van der Waals surface area contributed by atoms with Gasteiger partial charge in [-0.25, -0.2) is 9.07 Å². The molecule has 0 aliphatic carbocycles. The molecule has 1 amide bonds. The zero-order valence-corrected chi connectivity index (χ0v) is 11.7. The molecule has 2 aromatic rings. The number of β-amino-alcohol motifs (C(OH)–C–C–N with tert-alkyl or cyclic N) is 1. The van der Waals surface area contributed by atoms with Crippen LogP contribution in [0, 0.1) is 12.7 Å². The van der Waals surface area contributed by atoms with E-state index >= 15 is 0 Å². The highest BCUT2D eigenvalue weighted by molar-refractivity contribution is 5.92. The summed E-state index contributed by atoms with van der Waals surface area (Å²) in [6.45, 7) is 2.73. The molecule has 1 atom stereocenters. The molecule has 3 rings (SSSR count). The van der Waals surface area contributed by atoms with Crippen LogP contribution in [0.15, 0.2) is 30.3 Å². The molecular formula is C15H16FN3O2. The smallest absolute Gasteiger partial charge is 0.274 e. The molecule has 1 aromatic heterocycles. The van der Waals surface area contributed by atoms with Gasteiger partial charge in [0.15, 0.2) is 5.69 Å². The monoisotopic (exact) mass is 289 g/mol. The Balaban J connectivity index is 1.87. The third-order valence-corrected chi connectivity index (χ3v) is 3.63. The van der Waals surface area contributed by atoms with Gasteiger partial charge in [-0.3, -0.25) is 4.79 Å². The standard InChI is InChI=1S/C15H16FN3O2/c1-10-8-14(15(21)18-7-6-13(20)9-18)17-19(10)12-4-2-11(16)3-5-12/h2-5,8,13,20H,6-7,9H2,1H3/t13-/m1/s1. The molecule has 6 heteroatoms. The molecule has 2 heterocycles. The fourth-order valence-electron chi connectivity index (χ4n) is 2.51. The van der Waals surface area contributed by atoms with Gasteiger partial charge in [0.05, 0.1) is 11.8 Å². The fourth-order valence-corrected chi connectivity index (χ4v) is 2.51. The number of amides is 1. The summed E-state index contributed by atoms with van der Waals surface area (Å²) in [5, 5.41) is 13.8. The van der Waals surface area contributed by atoms with Crippen molar-refractivity contribution in [1.29, 1.82) is 0 Å². The molecule has 0 unspecified atom stereocenters. The lowest BCUT2D eigenvalue weighted by Gasteiger charge is -2.13. The van der Waals surface area contributed by atoms with E-state index in [4.69, 9.17) is 0 Å². The maximum atomic E-state index is 13.0. The van der Waals surface area contributed by atoms with Crippen LogP contribution in [0.2, 0.25) is 0 Å². The number of halogens is 1. The van der Waals surface area contributed by atoms with E-state index in [-0.39, 0.29) is 11.7 Å². The maximum absolute atomic E-state index is 13.0. The summed E-state index contributed by atoms with van der Waals surface area (Å²) in [6, 6.07) is 7.65. The largest absolute Gasteiger partial charge is 0.391 e. The Bertz CT molecular complexity index is 666. The van der Waals surface area contributed by atoms with Gasteiger partial charge in [0, 0.05) is 18.8 Å². The zero-order valence-electron chi connectivity index (χ0n) is 11.7. The highest BCUT2D eigenvalue weighted by Crippen LogP contribution is 2.16. The second-order valence-electron chi connectivity index (χ2n) is 5.25. The molecule has 1 aromatic carbocycles. The first kappa shape index (κ1) is 13.8. The van der Waals surface area contributed by atoms with Crippen molar-refractivity contribution in [2.75, 3.05) is 13.1 Å². The molecule has 1 saturated heterocycles. The Morgan fingerprint density at radius 1 is 1.38 bits per heavy atom. The first-order valence-electron chi connectivity index (χ1n) is 6.84. The van der Waals surface area contributed by atoms with Crippen molar-refractivity contribution in [2.45, 2.75) is 19.4 Å². The number of aromatic nitrogens is 2. The highest BCUT2D eigenvalue weighted by Gasteiger charge is 2.27. The van der Waals surface area contributed by atoms with Crippen molar-refractivity contribution in [1.82, 2.24) is 14.7 Å². The summed E-state index contributed by atoms with van der Waals surface area (Å²) >= 11 is 0. The third kappa shape index (κ3) is 2.67. The number of aliphatic hydroxyl groups excluding tert-OH is 1. The first-order chi connectivity index (χ1) is 10.0. The minimum Gasteiger partial charge on any atom is -0.391 e. The van der Waals surface area contributed by atoms with Crippen LogP contribution < -0.4 is 0 Å². The van der Waals surface area contributed by atoms with Crippen molar-refractivity contribution < 1.29 is 14.3 Å². The van der Waals surface area contributed by atoms with E-state index in [9.17, 15) is 14.3 Å². The van der Waals surface area contributed by atoms with Gasteiger partial charge in [0.25, 0.3) is 5.91 Å². The van der Waals surface area contributed by atoms with Crippen molar-refractivity contribution in [2.24, 2.45) is 0 Å². The van der Waals surface area contributed by atoms with Crippen molar-refractivity contribution >= 4 is 5.91 Å². The van der Waals surface area contributed by atoms with Gasteiger partial charge in [-0.15, -0.1) is 0 Å². The van der Waals surface area contributed by atoms with Crippen LogP contribution in [-0.4, -0.2) is 44.9 Å². The molecule has 0 spiro atoms. The summed E-state index contributed by atoms with van der Waals surface area (Å²) in [4.78, 5) is 13.9. The minimum atomic E-state index is -0.450. The van der Waals surface area contributed by atoms with Gasteiger partial charge in [0.2, 0.25) is 0 Å². The van der Waals surface area contributed by atoms with E-state index in [1.165, 1.54) is 12.1 Å². The van der Waals surface area contributed by atoms with E-state index in [1.54, 1.807) is 27.8 Å². The molecule has 0 bridgehead atoms. The number of likely N-dealkylation sites (tertiary alicyclic amines) is 1. The summed E-state index contributed by atoms with van der Waals surface area (Å²) < 4.78 is 14.6. The second kappa shape index (κ2) is 5.29. The van der Waals surface area contributed by atoms with E-state index < -0.39 is 6.10 Å². The lowest BCUT2D eigenvalue weighted by molar-refractivity contribution is 0.0758. The average molecular weight is 289 g/mol. The summed E-state index contributed by atoms with van der Waals surface area (Å²) in [5.41, 5.74) is 1.84. The number of carbonyl (C=O) groups is 1. The van der Waals surface area contributed by atoms with Crippen LogP contribution in [-0.2, 0) is 0 Å². The molecule has 1 N–H and O–H groups in total. The molecule has 1 aliphatic rings. The van der Waals surface area contributed by atoms with Gasteiger partial charge < -0.3 is 10.0 Å². The first-order valence-corrected chi connectivity index (χ1v) is 6.84. The lowest BCUT2D eigenvalue weighted by Crippen LogP contribution is -2.29. The van der Waals surface area contributed by atoms with Crippen LogP contribution in [0.5, 0.6) is 0 Å². The van der Waals surface area contributed by atoms with Crippen LogP contribution in [0.25, 0.3) is 5.69 Å². The Labute approximate surface area is 121 Å². The molecule has 1 aliphatic heterocycles. The highest BCUT2D eigenvalue weighted by atomic mass is 19.1. The van der Waals surface area contributed by atoms with E-state index in [0.717, 1.165) is 5.69 Å².